The van der Waals surface area contributed by atoms with Crippen LogP contribution < -0.4 is 20.7 Å². The molecule has 1 amide bonds. The summed E-state index contributed by atoms with van der Waals surface area (Å²) in [5.74, 6) is 6.26. The molecule has 2 aromatic carbocycles. The summed E-state index contributed by atoms with van der Waals surface area (Å²) in [5, 5.41) is 10.0. The highest BCUT2D eigenvalue weighted by Gasteiger charge is 2.42. The van der Waals surface area contributed by atoms with Gasteiger partial charge in [-0.1, -0.05) is 24.0 Å². The molecule has 1 saturated carbocycles. The standard InChI is InChI=1S/C35H41F3N4O3S/c1-39-33(43)23-8-13-28(30(19-23)44-2)40-16-4-7-31-27(20-35(36,37)38)26-5-3-6-29(32(26)46-31)41-24-9-11-25(12-10-24)42-17-14-34(15-18-42)21-45-22-34/h3,5-6,8,13,19,24-25,40-41H,9-12,14-18,20-22H2,1-2H3,(H,39,43). The van der Waals surface area contributed by atoms with Crippen molar-refractivity contribution in [3.05, 3.63) is 52.4 Å². The van der Waals surface area contributed by atoms with Crippen molar-refractivity contribution in [2.24, 2.45) is 5.41 Å². The SMILES string of the molecule is CNC(=O)c1ccc(NCC#Cc2sc3c(NC4CCC(N5CCC6(CC5)COC6)CC4)cccc3c2CC(F)(F)F)c(OC)c1. The number of carbonyl (C=O) groups is 1. The first kappa shape index (κ1) is 32.5. The van der Waals surface area contributed by atoms with Gasteiger partial charge in [-0.15, -0.1) is 11.3 Å². The smallest absolute Gasteiger partial charge is 0.393 e. The van der Waals surface area contributed by atoms with Crippen LogP contribution in [0.5, 0.6) is 5.75 Å². The number of likely N-dealkylation sites (tertiary alicyclic amines) is 1. The molecule has 1 aliphatic carbocycles. The number of alkyl halides is 3. The van der Waals surface area contributed by atoms with E-state index in [1.807, 2.05) is 12.1 Å². The lowest BCUT2D eigenvalue weighted by Crippen LogP contribution is -2.53. The predicted molar refractivity (Wildman–Crippen MR) is 177 cm³/mol. The Kier molecular flexibility index (Phi) is 9.69. The first-order chi connectivity index (χ1) is 22.2. The van der Waals surface area contributed by atoms with E-state index in [9.17, 15) is 18.0 Å². The Morgan fingerprint density at radius 1 is 1.11 bits per heavy atom. The molecule has 246 valence electrons. The molecule has 2 aliphatic heterocycles. The second-order valence-electron chi connectivity index (χ2n) is 12.7. The predicted octanol–water partition coefficient (Wildman–Crippen LogP) is 6.67. The Morgan fingerprint density at radius 2 is 1.87 bits per heavy atom. The highest BCUT2D eigenvalue weighted by Crippen LogP contribution is 2.42. The van der Waals surface area contributed by atoms with Crippen LogP contribution in [0.15, 0.2) is 36.4 Å². The third kappa shape index (κ3) is 7.24. The number of hydrogen-bond acceptors (Lipinski definition) is 7. The van der Waals surface area contributed by atoms with Crippen molar-refractivity contribution in [3.63, 3.8) is 0 Å². The largest absolute Gasteiger partial charge is 0.495 e. The number of amides is 1. The molecule has 0 unspecified atom stereocenters. The fourth-order valence-electron chi connectivity index (χ4n) is 7.00. The van der Waals surface area contributed by atoms with Crippen molar-refractivity contribution in [2.75, 3.05) is 57.6 Å². The van der Waals surface area contributed by atoms with Crippen LogP contribution in [0.3, 0.4) is 0 Å². The van der Waals surface area contributed by atoms with Crippen molar-refractivity contribution in [2.45, 2.75) is 63.2 Å². The normalized spacial score (nSPS) is 21.2. The number of benzene rings is 2. The fourth-order valence-corrected chi connectivity index (χ4v) is 8.17. The number of nitrogens with zero attached hydrogens (tertiary/aromatic N) is 1. The van der Waals surface area contributed by atoms with Crippen LogP contribution in [0.1, 0.15) is 59.3 Å². The summed E-state index contributed by atoms with van der Waals surface area (Å²) in [6, 6.07) is 11.5. The Hall–Kier alpha value is -3.46. The molecule has 1 spiro atoms. The first-order valence-electron chi connectivity index (χ1n) is 16.0. The van der Waals surface area contributed by atoms with Crippen LogP contribution in [0.4, 0.5) is 24.5 Å². The van der Waals surface area contributed by atoms with Crippen LogP contribution in [0.2, 0.25) is 0 Å². The van der Waals surface area contributed by atoms with E-state index in [4.69, 9.17) is 9.47 Å². The molecule has 3 N–H and O–H groups in total. The zero-order valence-corrected chi connectivity index (χ0v) is 27.1. The van der Waals surface area contributed by atoms with Gasteiger partial charge in [0.15, 0.2) is 0 Å². The summed E-state index contributed by atoms with van der Waals surface area (Å²) in [4.78, 5) is 15.0. The molecule has 0 atom stereocenters. The van der Waals surface area contributed by atoms with Gasteiger partial charge in [0.25, 0.3) is 5.91 Å². The van der Waals surface area contributed by atoms with Gasteiger partial charge in [0.05, 0.1) is 54.2 Å². The zero-order chi connectivity index (χ0) is 32.3. The summed E-state index contributed by atoms with van der Waals surface area (Å²) in [6.45, 7) is 4.34. The molecule has 1 aromatic heterocycles. The lowest BCUT2D eigenvalue weighted by molar-refractivity contribution is -0.143. The van der Waals surface area contributed by atoms with Gasteiger partial charge in [0, 0.05) is 30.1 Å². The molecular formula is C35H41F3N4O3S. The lowest BCUT2D eigenvalue weighted by Gasteiger charge is -2.49. The minimum Gasteiger partial charge on any atom is -0.495 e. The van der Waals surface area contributed by atoms with Gasteiger partial charge in [0.2, 0.25) is 0 Å². The van der Waals surface area contributed by atoms with Crippen LogP contribution >= 0.6 is 11.3 Å². The Bertz CT molecular complexity index is 1610. The highest BCUT2D eigenvalue weighted by atomic mass is 32.1. The lowest BCUT2D eigenvalue weighted by atomic mass is 9.76. The monoisotopic (exact) mass is 654 g/mol. The molecule has 3 aromatic rings. The van der Waals surface area contributed by atoms with Crippen molar-refractivity contribution in [3.8, 4) is 17.6 Å². The van der Waals surface area contributed by atoms with Crippen molar-refractivity contribution in [1.29, 1.82) is 0 Å². The van der Waals surface area contributed by atoms with E-state index >= 15 is 0 Å². The molecule has 3 fully saturated rings. The molecule has 11 heteroatoms. The average Bonchev–Trinajstić information content (AvgIpc) is 3.38. The number of thiophene rings is 1. The molecular weight excluding hydrogens is 613 g/mol. The number of carbonyl (C=O) groups excluding carboxylic acids is 1. The van der Waals surface area contributed by atoms with E-state index in [0.717, 1.165) is 62.4 Å². The highest BCUT2D eigenvalue weighted by molar-refractivity contribution is 7.20. The molecule has 7 nitrogen and oxygen atoms in total. The van der Waals surface area contributed by atoms with Crippen LogP contribution in [-0.2, 0) is 11.2 Å². The molecule has 2 saturated heterocycles. The van der Waals surface area contributed by atoms with Crippen molar-refractivity contribution >= 4 is 38.7 Å². The van der Waals surface area contributed by atoms with E-state index in [1.54, 1.807) is 31.3 Å². The van der Waals surface area contributed by atoms with Gasteiger partial charge < -0.3 is 30.3 Å². The van der Waals surface area contributed by atoms with Crippen molar-refractivity contribution < 1.29 is 27.4 Å². The minimum absolute atomic E-state index is 0.190. The molecule has 6 rings (SSSR count). The number of fused-ring (bicyclic) bond motifs is 1. The quantitative estimate of drug-likeness (QED) is 0.236. The third-order valence-electron chi connectivity index (χ3n) is 9.70. The maximum absolute atomic E-state index is 13.7. The number of piperidine rings is 1. The summed E-state index contributed by atoms with van der Waals surface area (Å²) >= 11 is 1.32. The summed E-state index contributed by atoms with van der Waals surface area (Å²) in [5.41, 5.74) is 2.63. The van der Waals surface area contributed by atoms with Crippen LogP contribution in [0.25, 0.3) is 10.1 Å². The van der Waals surface area contributed by atoms with E-state index in [0.29, 0.717) is 38.7 Å². The maximum Gasteiger partial charge on any atom is 0.393 e. The van der Waals surface area contributed by atoms with E-state index in [1.165, 1.54) is 31.3 Å². The molecule has 46 heavy (non-hydrogen) atoms. The number of rotatable bonds is 8. The topological polar surface area (TPSA) is 74.9 Å². The molecule has 3 aliphatic rings. The number of nitrogens with one attached hydrogen (secondary N) is 3. The van der Waals surface area contributed by atoms with Gasteiger partial charge in [-0.3, -0.25) is 4.79 Å². The van der Waals surface area contributed by atoms with Crippen molar-refractivity contribution in [1.82, 2.24) is 10.2 Å². The second kappa shape index (κ2) is 13.7. The van der Waals surface area contributed by atoms with E-state index in [-0.39, 0.29) is 24.1 Å². The van der Waals surface area contributed by atoms with Gasteiger partial charge >= 0.3 is 6.18 Å². The Balaban J connectivity index is 1.13. The van der Waals surface area contributed by atoms with Gasteiger partial charge in [0.1, 0.15) is 5.75 Å². The summed E-state index contributed by atoms with van der Waals surface area (Å²) in [6.07, 6.45) is 1.41. The van der Waals surface area contributed by atoms with Gasteiger partial charge in [-0.25, -0.2) is 0 Å². The molecule has 3 heterocycles. The number of methoxy groups -OCH3 is 1. The van der Waals surface area contributed by atoms with Crippen LogP contribution in [-0.4, -0.2) is 76.1 Å². The number of ether oxygens (including phenoxy) is 2. The van der Waals surface area contributed by atoms with Crippen LogP contribution in [0, 0.1) is 17.3 Å². The minimum atomic E-state index is -4.36. The van der Waals surface area contributed by atoms with E-state index < -0.39 is 12.6 Å². The third-order valence-corrected chi connectivity index (χ3v) is 10.9. The van der Waals surface area contributed by atoms with Gasteiger partial charge in [-0.2, -0.15) is 13.2 Å². The number of hydrogen-bond donors (Lipinski definition) is 3. The zero-order valence-electron chi connectivity index (χ0n) is 26.3. The number of anilines is 2. The van der Waals surface area contributed by atoms with Gasteiger partial charge in [-0.05, 0) is 86.8 Å². The summed E-state index contributed by atoms with van der Waals surface area (Å²) in [7, 11) is 3.06. The second-order valence-corrected chi connectivity index (χ2v) is 13.7. The maximum atomic E-state index is 13.7. The first-order valence-corrected chi connectivity index (χ1v) is 16.8. The fraction of sp³-hybridized carbons (Fsp3) is 0.514. The average molecular weight is 655 g/mol. The van der Waals surface area contributed by atoms with E-state index in [2.05, 4.69) is 32.7 Å². The Morgan fingerprint density at radius 3 is 2.52 bits per heavy atom. The molecule has 0 bridgehead atoms. The Labute approximate surface area is 272 Å². The molecule has 0 radical (unpaired) electrons. The summed E-state index contributed by atoms with van der Waals surface area (Å²) < 4.78 is 52.9. The number of halogens is 3.